The Kier molecular flexibility index (Phi) is 4.46. The second-order valence-electron chi connectivity index (χ2n) is 5.71. The van der Waals surface area contributed by atoms with E-state index in [0.717, 1.165) is 10.8 Å². The summed E-state index contributed by atoms with van der Waals surface area (Å²) in [6.45, 7) is 8.82. The number of anilines is 1. The minimum atomic E-state index is 0.536. The number of nitrogens with one attached hydrogen (secondary N) is 1. The molecule has 2 unspecified atom stereocenters. The average Bonchev–Trinajstić information content (AvgIpc) is 2.35. The van der Waals surface area contributed by atoms with E-state index in [1.807, 2.05) is 0 Å². The Morgan fingerprint density at radius 1 is 1.21 bits per heavy atom. The fourth-order valence-electron chi connectivity index (χ4n) is 2.89. The summed E-state index contributed by atoms with van der Waals surface area (Å²) < 4.78 is 0. The van der Waals surface area contributed by atoms with Crippen LogP contribution in [0.15, 0.2) is 18.2 Å². The van der Waals surface area contributed by atoms with Crippen molar-refractivity contribution in [1.82, 2.24) is 4.90 Å². The molecule has 1 aromatic carbocycles. The molecule has 1 aromatic rings. The number of hydrogen-bond acceptors (Lipinski definition) is 1. The van der Waals surface area contributed by atoms with E-state index in [1.165, 1.54) is 30.4 Å². The largest absolute Gasteiger partial charge is 0.344 e. The molecule has 0 saturated carbocycles. The van der Waals surface area contributed by atoms with E-state index in [4.69, 9.17) is 12.2 Å². The van der Waals surface area contributed by atoms with Crippen LogP contribution in [0.5, 0.6) is 0 Å². The topological polar surface area (TPSA) is 15.3 Å². The number of rotatable bonds is 1. The summed E-state index contributed by atoms with van der Waals surface area (Å²) in [6, 6.07) is 7.39. The van der Waals surface area contributed by atoms with E-state index in [-0.39, 0.29) is 0 Å². The van der Waals surface area contributed by atoms with Crippen molar-refractivity contribution < 1.29 is 0 Å². The third kappa shape index (κ3) is 3.08. The smallest absolute Gasteiger partial charge is 0.173 e. The monoisotopic (exact) mass is 276 g/mol. The van der Waals surface area contributed by atoms with Gasteiger partial charge >= 0.3 is 0 Å². The van der Waals surface area contributed by atoms with Crippen LogP contribution in [-0.4, -0.2) is 22.1 Å². The molecule has 2 nitrogen and oxygen atoms in total. The van der Waals surface area contributed by atoms with Gasteiger partial charge in [-0.3, -0.25) is 0 Å². The predicted octanol–water partition coefficient (Wildman–Crippen LogP) is 4.26. The standard InChI is InChI=1S/C16H24N2S/c1-11-7-5-10-15(14(11)4)17-16(19)18-12(2)8-6-9-13(18)3/h5,7,10,12-13H,6,8-9H2,1-4H3,(H,17,19). The first-order chi connectivity index (χ1) is 9.00. The van der Waals surface area contributed by atoms with Crippen LogP contribution in [0, 0.1) is 13.8 Å². The second kappa shape index (κ2) is 5.91. The highest BCUT2D eigenvalue weighted by Crippen LogP contribution is 2.25. The summed E-state index contributed by atoms with van der Waals surface area (Å²) in [5.41, 5.74) is 3.71. The minimum Gasteiger partial charge on any atom is -0.344 e. The van der Waals surface area contributed by atoms with Gasteiger partial charge in [-0.05, 0) is 76.4 Å². The van der Waals surface area contributed by atoms with Gasteiger partial charge in [0.05, 0.1) is 0 Å². The van der Waals surface area contributed by atoms with Gasteiger partial charge in [0.25, 0.3) is 0 Å². The molecule has 1 saturated heterocycles. The Labute approximate surface area is 122 Å². The maximum atomic E-state index is 5.63. The molecule has 0 bridgehead atoms. The van der Waals surface area contributed by atoms with Gasteiger partial charge in [-0.25, -0.2) is 0 Å². The maximum absolute atomic E-state index is 5.63. The van der Waals surface area contributed by atoms with E-state index < -0.39 is 0 Å². The van der Waals surface area contributed by atoms with Crippen molar-refractivity contribution in [2.75, 3.05) is 5.32 Å². The van der Waals surface area contributed by atoms with E-state index in [0.29, 0.717) is 12.1 Å². The SMILES string of the molecule is Cc1cccc(NC(=S)N2C(C)CCCC2C)c1C. The quantitative estimate of drug-likeness (QED) is 0.771. The van der Waals surface area contributed by atoms with Gasteiger partial charge in [0.2, 0.25) is 0 Å². The van der Waals surface area contributed by atoms with Gasteiger partial charge in [0.1, 0.15) is 0 Å². The van der Waals surface area contributed by atoms with Gasteiger partial charge in [-0.2, -0.15) is 0 Å². The summed E-state index contributed by atoms with van der Waals surface area (Å²) in [5, 5.41) is 4.31. The Hall–Kier alpha value is -1.09. The first kappa shape index (κ1) is 14.3. The summed E-state index contributed by atoms with van der Waals surface area (Å²) in [7, 11) is 0. The first-order valence-corrected chi connectivity index (χ1v) is 7.57. The zero-order chi connectivity index (χ0) is 14.0. The molecule has 1 aliphatic heterocycles. The number of piperidine rings is 1. The van der Waals surface area contributed by atoms with Gasteiger partial charge in [-0.15, -0.1) is 0 Å². The second-order valence-corrected chi connectivity index (χ2v) is 6.10. The van der Waals surface area contributed by atoms with E-state index in [9.17, 15) is 0 Å². The molecule has 0 radical (unpaired) electrons. The third-order valence-electron chi connectivity index (χ3n) is 4.27. The summed E-state index contributed by atoms with van der Waals surface area (Å²) >= 11 is 5.63. The van der Waals surface area contributed by atoms with Gasteiger partial charge in [0, 0.05) is 17.8 Å². The van der Waals surface area contributed by atoms with Crippen LogP contribution >= 0.6 is 12.2 Å². The molecule has 2 rings (SSSR count). The Morgan fingerprint density at radius 2 is 1.84 bits per heavy atom. The van der Waals surface area contributed by atoms with Crippen LogP contribution in [-0.2, 0) is 0 Å². The Balaban J connectivity index is 2.14. The van der Waals surface area contributed by atoms with Crippen molar-refractivity contribution in [1.29, 1.82) is 0 Å². The highest BCUT2D eigenvalue weighted by atomic mass is 32.1. The summed E-state index contributed by atoms with van der Waals surface area (Å²) in [5.74, 6) is 0. The van der Waals surface area contributed by atoms with Crippen LogP contribution < -0.4 is 5.32 Å². The van der Waals surface area contributed by atoms with Crippen molar-refractivity contribution >= 4 is 23.0 Å². The average molecular weight is 276 g/mol. The van der Waals surface area contributed by atoms with Crippen LogP contribution in [0.2, 0.25) is 0 Å². The number of nitrogens with zero attached hydrogens (tertiary/aromatic N) is 1. The number of thiocarbonyl (C=S) groups is 1. The van der Waals surface area contributed by atoms with E-state index in [2.05, 4.69) is 56.1 Å². The van der Waals surface area contributed by atoms with Gasteiger partial charge < -0.3 is 10.2 Å². The van der Waals surface area contributed by atoms with Crippen molar-refractivity contribution in [2.45, 2.75) is 59.0 Å². The normalized spacial score (nSPS) is 23.3. The molecule has 104 valence electrons. The van der Waals surface area contributed by atoms with Gasteiger partial charge in [0.15, 0.2) is 5.11 Å². The molecule has 1 fully saturated rings. The Bertz CT molecular complexity index is 460. The van der Waals surface area contributed by atoms with Crippen LogP contribution in [0.3, 0.4) is 0 Å². The molecule has 1 aliphatic rings. The molecule has 0 amide bonds. The van der Waals surface area contributed by atoms with Crippen molar-refractivity contribution in [3.63, 3.8) is 0 Å². The lowest BCUT2D eigenvalue weighted by atomic mass is 9.98. The summed E-state index contributed by atoms with van der Waals surface area (Å²) in [4.78, 5) is 2.36. The zero-order valence-electron chi connectivity index (χ0n) is 12.4. The third-order valence-corrected chi connectivity index (χ3v) is 4.59. The first-order valence-electron chi connectivity index (χ1n) is 7.16. The molecule has 1 N–H and O–H groups in total. The fraction of sp³-hybridized carbons (Fsp3) is 0.562. The lowest BCUT2D eigenvalue weighted by Crippen LogP contribution is -2.49. The molecule has 3 heteroatoms. The molecular weight excluding hydrogens is 252 g/mol. The molecule has 19 heavy (non-hydrogen) atoms. The van der Waals surface area contributed by atoms with E-state index >= 15 is 0 Å². The number of hydrogen-bond donors (Lipinski definition) is 1. The molecule has 0 aromatic heterocycles. The summed E-state index contributed by atoms with van der Waals surface area (Å²) in [6.07, 6.45) is 3.78. The number of likely N-dealkylation sites (tertiary alicyclic amines) is 1. The van der Waals surface area contributed by atoms with Crippen LogP contribution in [0.4, 0.5) is 5.69 Å². The highest BCUT2D eigenvalue weighted by molar-refractivity contribution is 7.80. The van der Waals surface area contributed by atoms with Crippen molar-refractivity contribution in [3.8, 4) is 0 Å². The number of aryl methyl sites for hydroxylation is 1. The van der Waals surface area contributed by atoms with Gasteiger partial charge in [-0.1, -0.05) is 12.1 Å². The predicted molar refractivity (Wildman–Crippen MR) is 86.8 cm³/mol. The molecule has 0 aliphatic carbocycles. The number of benzene rings is 1. The lowest BCUT2D eigenvalue weighted by molar-refractivity contribution is 0.194. The fourth-order valence-corrected chi connectivity index (χ4v) is 3.36. The van der Waals surface area contributed by atoms with Crippen LogP contribution in [0.25, 0.3) is 0 Å². The molecular formula is C16H24N2S. The maximum Gasteiger partial charge on any atom is 0.173 e. The molecule has 1 heterocycles. The molecule has 2 atom stereocenters. The molecule has 0 spiro atoms. The van der Waals surface area contributed by atoms with Crippen LogP contribution in [0.1, 0.15) is 44.2 Å². The lowest BCUT2D eigenvalue weighted by Gasteiger charge is -2.41. The Morgan fingerprint density at radius 3 is 2.47 bits per heavy atom. The zero-order valence-corrected chi connectivity index (χ0v) is 13.2. The minimum absolute atomic E-state index is 0.536. The highest BCUT2D eigenvalue weighted by Gasteiger charge is 2.26. The van der Waals surface area contributed by atoms with E-state index in [1.54, 1.807) is 0 Å². The van der Waals surface area contributed by atoms with Crippen molar-refractivity contribution in [2.24, 2.45) is 0 Å². The van der Waals surface area contributed by atoms with Crippen molar-refractivity contribution in [3.05, 3.63) is 29.3 Å².